The first kappa shape index (κ1) is 16.3. The van der Waals surface area contributed by atoms with E-state index in [9.17, 15) is 8.42 Å². The molecule has 0 unspecified atom stereocenters. The highest BCUT2D eigenvalue weighted by Gasteiger charge is 2.04. The SMILES string of the molecule is COCc1cccc(OCCCCCS(=O)(=O)Cl)c1. The molecular weight excluding hydrogens is 288 g/mol. The summed E-state index contributed by atoms with van der Waals surface area (Å²) in [5, 5.41) is 0. The fraction of sp³-hybridized carbons (Fsp3) is 0.538. The Balaban J connectivity index is 2.20. The van der Waals surface area contributed by atoms with Gasteiger partial charge in [0.1, 0.15) is 5.75 Å². The van der Waals surface area contributed by atoms with Crippen LogP contribution in [0.15, 0.2) is 24.3 Å². The molecule has 0 aromatic heterocycles. The summed E-state index contributed by atoms with van der Waals surface area (Å²) in [5.74, 6) is 0.831. The van der Waals surface area contributed by atoms with Crippen LogP contribution in [0.4, 0.5) is 0 Å². The van der Waals surface area contributed by atoms with Crippen LogP contribution in [0.25, 0.3) is 0 Å². The monoisotopic (exact) mass is 306 g/mol. The standard InChI is InChI=1S/C13H19ClO4S/c1-17-11-12-6-5-7-13(10-12)18-8-3-2-4-9-19(14,15)16/h5-7,10H,2-4,8-9,11H2,1H3. The smallest absolute Gasteiger partial charge is 0.232 e. The second-order valence-electron chi connectivity index (χ2n) is 4.23. The molecule has 0 saturated heterocycles. The van der Waals surface area contributed by atoms with Crippen molar-refractivity contribution in [3.8, 4) is 5.75 Å². The van der Waals surface area contributed by atoms with E-state index in [4.69, 9.17) is 20.2 Å². The summed E-state index contributed by atoms with van der Waals surface area (Å²) in [7, 11) is 3.41. The zero-order valence-electron chi connectivity index (χ0n) is 11.0. The van der Waals surface area contributed by atoms with Crippen LogP contribution in [-0.4, -0.2) is 27.9 Å². The number of methoxy groups -OCH3 is 1. The van der Waals surface area contributed by atoms with Crippen LogP contribution in [0.2, 0.25) is 0 Å². The van der Waals surface area contributed by atoms with Crippen molar-refractivity contribution in [3.05, 3.63) is 29.8 Å². The third-order valence-electron chi connectivity index (χ3n) is 2.51. The Morgan fingerprint density at radius 1 is 1.21 bits per heavy atom. The molecule has 0 bridgehead atoms. The number of ether oxygens (including phenoxy) is 2. The fourth-order valence-corrected chi connectivity index (χ4v) is 2.51. The predicted octanol–water partition coefficient (Wildman–Crippen LogP) is 2.95. The highest BCUT2D eigenvalue weighted by Crippen LogP contribution is 2.14. The zero-order chi connectivity index (χ0) is 14.1. The van der Waals surface area contributed by atoms with E-state index in [1.807, 2.05) is 24.3 Å². The van der Waals surface area contributed by atoms with Crippen LogP contribution in [0.5, 0.6) is 5.75 Å². The minimum atomic E-state index is -3.36. The van der Waals surface area contributed by atoms with Crippen molar-refractivity contribution >= 4 is 19.7 Å². The molecule has 0 atom stereocenters. The third kappa shape index (κ3) is 8.08. The maximum absolute atomic E-state index is 10.7. The minimum Gasteiger partial charge on any atom is -0.494 e. The molecule has 0 fully saturated rings. The van der Waals surface area contributed by atoms with Gasteiger partial charge >= 0.3 is 0 Å². The Hall–Kier alpha value is -0.780. The maximum Gasteiger partial charge on any atom is 0.232 e. The molecule has 0 aliphatic carbocycles. The van der Waals surface area contributed by atoms with Crippen LogP contribution in [0.3, 0.4) is 0 Å². The van der Waals surface area contributed by atoms with Gasteiger partial charge in [0, 0.05) is 17.8 Å². The number of rotatable bonds is 9. The molecule has 0 heterocycles. The van der Waals surface area contributed by atoms with Crippen LogP contribution in [0.1, 0.15) is 24.8 Å². The molecule has 0 radical (unpaired) electrons. The van der Waals surface area contributed by atoms with E-state index in [1.165, 1.54) is 0 Å². The average Bonchev–Trinajstić information content (AvgIpc) is 2.33. The van der Waals surface area contributed by atoms with Gasteiger partial charge in [0.15, 0.2) is 0 Å². The van der Waals surface area contributed by atoms with Crippen LogP contribution in [-0.2, 0) is 20.4 Å². The first-order valence-corrected chi connectivity index (χ1v) is 8.62. The Morgan fingerprint density at radius 2 is 2.00 bits per heavy atom. The lowest BCUT2D eigenvalue weighted by molar-refractivity contribution is 0.184. The molecule has 108 valence electrons. The van der Waals surface area contributed by atoms with E-state index < -0.39 is 9.05 Å². The Bertz CT molecular complexity index is 473. The summed E-state index contributed by atoms with van der Waals surface area (Å²) in [6.07, 6.45) is 2.16. The summed E-state index contributed by atoms with van der Waals surface area (Å²) < 4.78 is 32.0. The third-order valence-corrected chi connectivity index (χ3v) is 3.75. The Kier molecular flexibility index (Phi) is 7.20. The van der Waals surface area contributed by atoms with Crippen molar-refractivity contribution in [1.29, 1.82) is 0 Å². The molecule has 4 nitrogen and oxygen atoms in total. The van der Waals surface area contributed by atoms with Crippen LogP contribution < -0.4 is 4.74 Å². The van der Waals surface area contributed by atoms with E-state index in [0.29, 0.717) is 19.6 Å². The zero-order valence-corrected chi connectivity index (χ0v) is 12.5. The topological polar surface area (TPSA) is 52.6 Å². The van der Waals surface area contributed by atoms with E-state index in [-0.39, 0.29) is 5.75 Å². The largest absolute Gasteiger partial charge is 0.494 e. The van der Waals surface area contributed by atoms with Gasteiger partial charge in [-0.2, -0.15) is 0 Å². The summed E-state index contributed by atoms with van der Waals surface area (Å²) in [5.41, 5.74) is 1.06. The van der Waals surface area contributed by atoms with Gasteiger partial charge < -0.3 is 9.47 Å². The molecule has 0 spiro atoms. The van der Waals surface area contributed by atoms with E-state index in [2.05, 4.69) is 0 Å². The van der Waals surface area contributed by atoms with Crippen LogP contribution in [0, 0.1) is 0 Å². The highest BCUT2D eigenvalue weighted by molar-refractivity contribution is 8.13. The van der Waals surface area contributed by atoms with Gasteiger partial charge in [-0.1, -0.05) is 12.1 Å². The van der Waals surface area contributed by atoms with Gasteiger partial charge in [0.25, 0.3) is 0 Å². The minimum absolute atomic E-state index is 0.0257. The second-order valence-corrected chi connectivity index (χ2v) is 7.13. The number of hydrogen-bond donors (Lipinski definition) is 0. The van der Waals surface area contributed by atoms with Gasteiger partial charge in [-0.05, 0) is 37.0 Å². The van der Waals surface area contributed by atoms with E-state index in [0.717, 1.165) is 24.2 Å². The number of benzene rings is 1. The number of halogens is 1. The first-order valence-electron chi connectivity index (χ1n) is 6.14. The number of unbranched alkanes of at least 4 members (excludes halogenated alkanes) is 2. The quantitative estimate of drug-likeness (QED) is 0.520. The maximum atomic E-state index is 10.7. The van der Waals surface area contributed by atoms with Crippen molar-refractivity contribution in [3.63, 3.8) is 0 Å². The van der Waals surface area contributed by atoms with Crippen LogP contribution >= 0.6 is 10.7 Å². The molecular formula is C13H19ClO4S. The summed E-state index contributed by atoms with van der Waals surface area (Å²) in [6, 6.07) is 7.72. The average molecular weight is 307 g/mol. The molecule has 0 amide bonds. The molecule has 0 N–H and O–H groups in total. The molecule has 0 saturated carbocycles. The van der Waals surface area contributed by atoms with Crippen molar-refractivity contribution in [2.45, 2.75) is 25.9 Å². The van der Waals surface area contributed by atoms with Gasteiger partial charge in [0.2, 0.25) is 9.05 Å². The number of hydrogen-bond acceptors (Lipinski definition) is 4. The Labute approximate surface area is 119 Å². The lowest BCUT2D eigenvalue weighted by Crippen LogP contribution is -2.01. The highest BCUT2D eigenvalue weighted by atomic mass is 35.7. The fourth-order valence-electron chi connectivity index (χ4n) is 1.64. The Morgan fingerprint density at radius 3 is 2.68 bits per heavy atom. The normalized spacial score (nSPS) is 11.5. The lowest BCUT2D eigenvalue weighted by Gasteiger charge is -2.07. The van der Waals surface area contributed by atoms with Crippen molar-refractivity contribution in [2.24, 2.45) is 0 Å². The summed E-state index contributed by atoms with van der Waals surface area (Å²) in [6.45, 7) is 1.13. The second kappa shape index (κ2) is 8.40. The van der Waals surface area contributed by atoms with Gasteiger partial charge in [-0.3, -0.25) is 0 Å². The van der Waals surface area contributed by atoms with Crippen molar-refractivity contribution in [2.75, 3.05) is 19.5 Å². The molecule has 0 aliphatic rings. The summed E-state index contributed by atoms with van der Waals surface area (Å²) in [4.78, 5) is 0. The molecule has 0 aliphatic heterocycles. The molecule has 1 aromatic carbocycles. The van der Waals surface area contributed by atoms with Crippen molar-refractivity contribution in [1.82, 2.24) is 0 Å². The predicted molar refractivity (Wildman–Crippen MR) is 76.1 cm³/mol. The molecule has 6 heteroatoms. The molecule has 1 rings (SSSR count). The van der Waals surface area contributed by atoms with Gasteiger partial charge in [0.05, 0.1) is 19.0 Å². The summed E-state index contributed by atoms with van der Waals surface area (Å²) >= 11 is 0. The van der Waals surface area contributed by atoms with Gasteiger partial charge in [-0.15, -0.1) is 0 Å². The van der Waals surface area contributed by atoms with E-state index >= 15 is 0 Å². The van der Waals surface area contributed by atoms with E-state index in [1.54, 1.807) is 7.11 Å². The van der Waals surface area contributed by atoms with Gasteiger partial charge in [-0.25, -0.2) is 8.42 Å². The molecule has 19 heavy (non-hydrogen) atoms. The first-order chi connectivity index (χ1) is 9.01. The molecule has 1 aromatic rings. The lowest BCUT2D eigenvalue weighted by atomic mass is 10.2. The van der Waals surface area contributed by atoms with Crippen molar-refractivity contribution < 1.29 is 17.9 Å².